The number of amides is 3. The number of aliphatic carboxylic acids is 1. The summed E-state index contributed by atoms with van der Waals surface area (Å²) in [5, 5.41) is 14.3. The molecule has 1 fully saturated rings. The maximum absolute atomic E-state index is 12.2. The molecule has 120 valence electrons. The molecule has 0 saturated carbocycles. The van der Waals surface area contributed by atoms with Gasteiger partial charge in [0.05, 0.1) is 6.42 Å². The fraction of sp³-hybridized carbons (Fsp3) is 0.769. The second-order valence-corrected chi connectivity index (χ2v) is 6.33. The highest BCUT2D eigenvalue weighted by molar-refractivity contribution is 7.99. The average molecular weight is 317 g/mol. The largest absolute Gasteiger partial charge is 0.481 e. The summed E-state index contributed by atoms with van der Waals surface area (Å²) in [5.74, 6) is 0.486. The number of urea groups is 1. The molecule has 0 aromatic rings. The lowest BCUT2D eigenvalue weighted by molar-refractivity contribution is -0.142. The normalized spacial score (nSPS) is 19.8. The number of thioether (sulfide) groups is 1. The van der Waals surface area contributed by atoms with Crippen LogP contribution in [0.15, 0.2) is 0 Å². The number of rotatable bonds is 7. The number of carbonyl (C=O) groups excluding carboxylic acids is 2. The number of nitrogens with zero attached hydrogens (tertiary/aromatic N) is 1. The van der Waals surface area contributed by atoms with E-state index in [2.05, 4.69) is 17.6 Å². The molecule has 2 unspecified atom stereocenters. The Morgan fingerprint density at radius 2 is 2.29 bits per heavy atom. The van der Waals surface area contributed by atoms with Crippen molar-refractivity contribution in [1.82, 2.24) is 15.5 Å². The molecule has 21 heavy (non-hydrogen) atoms. The van der Waals surface area contributed by atoms with Gasteiger partial charge in [-0.15, -0.1) is 0 Å². The van der Waals surface area contributed by atoms with Gasteiger partial charge in [-0.3, -0.25) is 9.59 Å². The van der Waals surface area contributed by atoms with Crippen molar-refractivity contribution in [2.45, 2.75) is 38.8 Å². The summed E-state index contributed by atoms with van der Waals surface area (Å²) in [5.41, 5.74) is 0. The first-order valence-corrected chi connectivity index (χ1v) is 8.25. The summed E-state index contributed by atoms with van der Waals surface area (Å²) < 4.78 is 0. The minimum atomic E-state index is -1.10. The summed E-state index contributed by atoms with van der Waals surface area (Å²) in [6.45, 7) is 4.66. The van der Waals surface area contributed by atoms with Gasteiger partial charge in [-0.1, -0.05) is 6.92 Å². The third-order valence-corrected chi connectivity index (χ3v) is 4.16. The quantitative estimate of drug-likeness (QED) is 0.594. The Hall–Kier alpha value is -1.44. The van der Waals surface area contributed by atoms with E-state index < -0.39 is 17.9 Å². The van der Waals surface area contributed by atoms with Crippen LogP contribution in [0.3, 0.4) is 0 Å². The lowest BCUT2D eigenvalue weighted by atomic mass is 10.1. The van der Waals surface area contributed by atoms with Crippen LogP contribution in [0, 0.1) is 0 Å². The molecule has 1 saturated heterocycles. The van der Waals surface area contributed by atoms with Gasteiger partial charge < -0.3 is 20.6 Å². The molecule has 1 aliphatic heterocycles. The van der Waals surface area contributed by atoms with Crippen molar-refractivity contribution >= 4 is 29.7 Å². The van der Waals surface area contributed by atoms with Gasteiger partial charge in [0.15, 0.2) is 0 Å². The van der Waals surface area contributed by atoms with Gasteiger partial charge in [0, 0.05) is 19.1 Å². The van der Waals surface area contributed by atoms with Gasteiger partial charge in [-0.05, 0) is 24.9 Å². The van der Waals surface area contributed by atoms with Crippen LogP contribution in [-0.4, -0.2) is 64.6 Å². The van der Waals surface area contributed by atoms with Crippen molar-refractivity contribution in [2.75, 3.05) is 24.6 Å². The van der Waals surface area contributed by atoms with Crippen LogP contribution < -0.4 is 10.6 Å². The Morgan fingerprint density at radius 3 is 2.90 bits per heavy atom. The van der Waals surface area contributed by atoms with Crippen LogP contribution in [0.4, 0.5) is 4.79 Å². The van der Waals surface area contributed by atoms with Crippen molar-refractivity contribution in [1.29, 1.82) is 0 Å². The molecule has 1 aliphatic rings. The minimum Gasteiger partial charge on any atom is -0.481 e. The van der Waals surface area contributed by atoms with Crippen molar-refractivity contribution in [3.05, 3.63) is 0 Å². The van der Waals surface area contributed by atoms with E-state index in [9.17, 15) is 14.4 Å². The van der Waals surface area contributed by atoms with Crippen molar-refractivity contribution in [3.63, 3.8) is 0 Å². The highest BCUT2D eigenvalue weighted by Gasteiger charge is 2.34. The Labute approximate surface area is 128 Å². The first kappa shape index (κ1) is 17.6. The van der Waals surface area contributed by atoms with E-state index in [1.807, 2.05) is 6.92 Å². The summed E-state index contributed by atoms with van der Waals surface area (Å²) >= 11 is 1.80. The molecule has 0 aliphatic carbocycles. The van der Waals surface area contributed by atoms with E-state index in [1.54, 1.807) is 11.8 Å². The molecule has 7 nitrogen and oxygen atoms in total. The number of hydrogen-bond acceptors (Lipinski definition) is 4. The minimum absolute atomic E-state index is 0.00739. The van der Waals surface area contributed by atoms with E-state index in [0.29, 0.717) is 13.1 Å². The highest BCUT2D eigenvalue weighted by Crippen LogP contribution is 2.10. The molecule has 3 N–H and O–H groups in total. The van der Waals surface area contributed by atoms with Crippen LogP contribution in [0.1, 0.15) is 26.7 Å². The Balaban J connectivity index is 2.56. The van der Waals surface area contributed by atoms with E-state index >= 15 is 0 Å². The maximum Gasteiger partial charge on any atom is 0.318 e. The number of nitrogens with one attached hydrogen (secondary N) is 2. The van der Waals surface area contributed by atoms with Gasteiger partial charge >= 0.3 is 12.0 Å². The first-order chi connectivity index (χ1) is 9.95. The molecular weight excluding hydrogens is 294 g/mol. The molecular formula is C13H23N3O4S. The van der Waals surface area contributed by atoms with Crippen molar-refractivity contribution in [2.24, 2.45) is 0 Å². The van der Waals surface area contributed by atoms with Gasteiger partial charge in [0.25, 0.3) is 0 Å². The third-order valence-electron chi connectivity index (χ3n) is 3.23. The molecule has 3 amide bonds. The molecule has 0 radical (unpaired) electrons. The summed E-state index contributed by atoms with van der Waals surface area (Å²) in [6.07, 6.45) is 0.465. The molecule has 0 spiro atoms. The second-order valence-electron chi connectivity index (χ2n) is 4.93. The Kier molecular flexibility index (Phi) is 7.35. The SMILES string of the molecule is CCSCCC(C)NC(=O)N1CCNC(=O)C1CC(=O)O. The molecule has 0 bridgehead atoms. The second kappa shape index (κ2) is 8.76. The van der Waals surface area contributed by atoms with Crippen LogP contribution in [-0.2, 0) is 9.59 Å². The van der Waals surface area contributed by atoms with Crippen LogP contribution in [0.2, 0.25) is 0 Å². The Bertz CT molecular complexity index is 392. The number of carboxylic acids is 1. The average Bonchev–Trinajstić information content (AvgIpc) is 2.40. The number of carboxylic acid groups (broad SMARTS) is 1. The van der Waals surface area contributed by atoms with Crippen LogP contribution in [0.25, 0.3) is 0 Å². The smallest absolute Gasteiger partial charge is 0.318 e. The predicted molar refractivity (Wildman–Crippen MR) is 81.4 cm³/mol. The maximum atomic E-state index is 12.2. The van der Waals surface area contributed by atoms with E-state index in [0.717, 1.165) is 17.9 Å². The monoisotopic (exact) mass is 317 g/mol. The standard InChI is InChI=1S/C13H23N3O4S/c1-3-21-7-4-9(2)15-13(20)16-6-5-14-12(19)10(16)8-11(17)18/h9-10H,3-8H2,1-2H3,(H,14,19)(H,15,20)(H,17,18). The summed E-state index contributed by atoms with van der Waals surface area (Å²) in [7, 11) is 0. The number of piperazine rings is 1. The highest BCUT2D eigenvalue weighted by atomic mass is 32.2. The van der Waals surface area contributed by atoms with E-state index in [4.69, 9.17) is 5.11 Å². The molecule has 8 heteroatoms. The topological polar surface area (TPSA) is 98.7 Å². The van der Waals surface area contributed by atoms with E-state index in [1.165, 1.54) is 4.90 Å². The van der Waals surface area contributed by atoms with Gasteiger partial charge in [0.2, 0.25) is 5.91 Å². The van der Waals surface area contributed by atoms with Gasteiger partial charge in [-0.2, -0.15) is 11.8 Å². The van der Waals surface area contributed by atoms with E-state index in [-0.39, 0.29) is 18.5 Å². The lowest BCUT2D eigenvalue weighted by Crippen LogP contribution is -2.60. The number of hydrogen-bond donors (Lipinski definition) is 3. The van der Waals surface area contributed by atoms with Crippen LogP contribution >= 0.6 is 11.8 Å². The molecule has 0 aromatic carbocycles. The predicted octanol–water partition coefficient (Wildman–Crippen LogP) is 0.503. The third kappa shape index (κ3) is 5.82. The first-order valence-electron chi connectivity index (χ1n) is 7.10. The fourth-order valence-electron chi connectivity index (χ4n) is 2.10. The van der Waals surface area contributed by atoms with Crippen LogP contribution in [0.5, 0.6) is 0 Å². The molecule has 1 rings (SSSR count). The fourth-order valence-corrected chi connectivity index (χ4v) is 2.91. The summed E-state index contributed by atoms with van der Waals surface area (Å²) in [6, 6.07) is -1.31. The Morgan fingerprint density at radius 1 is 1.57 bits per heavy atom. The van der Waals surface area contributed by atoms with Crippen molar-refractivity contribution < 1.29 is 19.5 Å². The zero-order valence-electron chi connectivity index (χ0n) is 12.4. The zero-order chi connectivity index (χ0) is 15.8. The van der Waals surface area contributed by atoms with Gasteiger partial charge in [0.1, 0.15) is 6.04 Å². The molecule has 1 heterocycles. The zero-order valence-corrected chi connectivity index (χ0v) is 13.2. The summed E-state index contributed by atoms with van der Waals surface area (Å²) in [4.78, 5) is 36.1. The lowest BCUT2D eigenvalue weighted by Gasteiger charge is -2.35. The number of carbonyl (C=O) groups is 3. The molecule has 0 aromatic heterocycles. The molecule has 2 atom stereocenters. The van der Waals surface area contributed by atoms with Gasteiger partial charge in [-0.25, -0.2) is 4.79 Å². The van der Waals surface area contributed by atoms with Crippen molar-refractivity contribution in [3.8, 4) is 0 Å².